The summed E-state index contributed by atoms with van der Waals surface area (Å²) in [7, 11) is 0. The fourth-order valence-corrected chi connectivity index (χ4v) is 1.22. The highest BCUT2D eigenvalue weighted by Crippen LogP contribution is 2.22. The third-order valence-electron chi connectivity index (χ3n) is 1.57. The van der Waals surface area contributed by atoms with Crippen molar-refractivity contribution in [3.63, 3.8) is 0 Å². The van der Waals surface area contributed by atoms with E-state index in [0.29, 0.717) is 10.9 Å². The van der Waals surface area contributed by atoms with Gasteiger partial charge < -0.3 is 5.11 Å². The first-order valence-electron chi connectivity index (χ1n) is 3.95. The van der Waals surface area contributed by atoms with Crippen LogP contribution in [0.1, 0.15) is 12.0 Å². The van der Waals surface area contributed by atoms with Gasteiger partial charge in [0.2, 0.25) is 0 Å². The van der Waals surface area contributed by atoms with Crippen LogP contribution in [0.5, 0.6) is 5.75 Å². The Labute approximate surface area is 87.6 Å². The van der Waals surface area contributed by atoms with Crippen molar-refractivity contribution in [1.82, 2.24) is 0 Å². The van der Waals surface area contributed by atoms with Crippen molar-refractivity contribution in [2.24, 2.45) is 0 Å². The number of hydrogen-bond acceptors (Lipinski definition) is 1. The molecule has 1 aromatic carbocycles. The fraction of sp³-hybridized carbons (Fsp3) is 0.200. The van der Waals surface area contributed by atoms with Gasteiger partial charge in [-0.3, -0.25) is 0 Å². The number of halogens is 2. The van der Waals surface area contributed by atoms with Crippen molar-refractivity contribution in [3.8, 4) is 5.75 Å². The number of aromatic hydroxyl groups is 1. The van der Waals surface area contributed by atoms with E-state index in [9.17, 15) is 5.11 Å². The van der Waals surface area contributed by atoms with Crippen molar-refractivity contribution in [3.05, 3.63) is 34.9 Å². The third-order valence-corrected chi connectivity index (χ3v) is 2.02. The molecule has 1 N–H and O–H groups in total. The Kier molecular flexibility index (Phi) is 4.13. The first kappa shape index (κ1) is 10.4. The molecule has 0 atom stereocenters. The predicted molar refractivity (Wildman–Crippen MR) is 57.5 cm³/mol. The van der Waals surface area contributed by atoms with Crippen molar-refractivity contribution < 1.29 is 5.11 Å². The van der Waals surface area contributed by atoms with Crippen molar-refractivity contribution in [1.29, 1.82) is 0 Å². The SMILES string of the molecule is Oc1cc(Cl)ccc1C=CCCCl. The third kappa shape index (κ3) is 3.29. The molecule has 0 saturated heterocycles. The molecule has 0 saturated carbocycles. The standard InChI is InChI=1S/C10H10Cl2O/c11-6-2-1-3-8-4-5-9(12)7-10(8)13/h1,3-5,7,13H,2,6H2. The molecule has 1 nitrogen and oxygen atoms in total. The zero-order valence-corrected chi connectivity index (χ0v) is 8.52. The molecule has 13 heavy (non-hydrogen) atoms. The van der Waals surface area contributed by atoms with Gasteiger partial charge >= 0.3 is 0 Å². The van der Waals surface area contributed by atoms with Gasteiger partial charge in [0.25, 0.3) is 0 Å². The lowest BCUT2D eigenvalue weighted by Gasteiger charge is -1.98. The number of hydrogen-bond donors (Lipinski definition) is 1. The molecular formula is C10H10Cl2O. The van der Waals surface area contributed by atoms with Crippen LogP contribution in [0.15, 0.2) is 24.3 Å². The second-order valence-corrected chi connectivity index (χ2v) is 3.40. The predicted octanol–water partition coefficient (Wildman–Crippen LogP) is 3.69. The maximum atomic E-state index is 9.42. The van der Waals surface area contributed by atoms with Crippen LogP contribution in [0.3, 0.4) is 0 Å². The minimum absolute atomic E-state index is 0.193. The molecule has 70 valence electrons. The van der Waals surface area contributed by atoms with E-state index in [1.807, 2.05) is 12.2 Å². The van der Waals surface area contributed by atoms with E-state index in [2.05, 4.69) is 0 Å². The monoisotopic (exact) mass is 216 g/mol. The van der Waals surface area contributed by atoms with Crippen LogP contribution in [0, 0.1) is 0 Å². The molecule has 0 aliphatic heterocycles. The summed E-state index contributed by atoms with van der Waals surface area (Å²) < 4.78 is 0. The average molecular weight is 217 g/mol. The van der Waals surface area contributed by atoms with E-state index in [-0.39, 0.29) is 5.75 Å². The number of alkyl halides is 1. The maximum absolute atomic E-state index is 9.42. The summed E-state index contributed by atoms with van der Waals surface area (Å²) in [6.45, 7) is 0. The van der Waals surface area contributed by atoms with E-state index in [1.165, 1.54) is 6.07 Å². The Bertz CT molecular complexity index is 308. The summed E-state index contributed by atoms with van der Waals surface area (Å²) in [5.41, 5.74) is 0.759. The molecule has 1 aromatic rings. The molecule has 0 fully saturated rings. The van der Waals surface area contributed by atoms with Crippen LogP contribution in [0.25, 0.3) is 6.08 Å². The van der Waals surface area contributed by atoms with E-state index in [1.54, 1.807) is 12.1 Å². The van der Waals surface area contributed by atoms with Crippen LogP contribution in [-0.4, -0.2) is 11.0 Å². The quantitative estimate of drug-likeness (QED) is 0.765. The molecule has 0 heterocycles. The van der Waals surface area contributed by atoms with E-state index >= 15 is 0 Å². The summed E-state index contributed by atoms with van der Waals surface area (Å²) in [4.78, 5) is 0. The first-order chi connectivity index (χ1) is 6.24. The topological polar surface area (TPSA) is 20.2 Å². The summed E-state index contributed by atoms with van der Waals surface area (Å²) in [5.74, 6) is 0.781. The summed E-state index contributed by atoms with van der Waals surface area (Å²) in [6, 6.07) is 5.02. The van der Waals surface area contributed by atoms with Gasteiger partial charge in [-0.15, -0.1) is 11.6 Å². The molecule has 0 amide bonds. The molecule has 3 heteroatoms. The molecule has 0 bridgehead atoms. The Balaban J connectivity index is 2.77. The number of rotatable bonds is 3. The lowest BCUT2D eigenvalue weighted by atomic mass is 10.2. The molecule has 1 rings (SSSR count). The van der Waals surface area contributed by atoms with Gasteiger partial charge in [-0.05, 0) is 24.6 Å². The normalized spacial score (nSPS) is 10.9. The highest BCUT2D eigenvalue weighted by molar-refractivity contribution is 6.30. The Hall–Kier alpha value is -0.660. The van der Waals surface area contributed by atoms with Gasteiger partial charge in [0.15, 0.2) is 0 Å². The Morgan fingerprint density at radius 1 is 1.38 bits per heavy atom. The summed E-state index contributed by atoms with van der Waals surface area (Å²) >= 11 is 11.2. The van der Waals surface area contributed by atoms with E-state index < -0.39 is 0 Å². The van der Waals surface area contributed by atoms with Gasteiger partial charge in [-0.25, -0.2) is 0 Å². The minimum Gasteiger partial charge on any atom is -0.507 e. The highest BCUT2D eigenvalue weighted by Gasteiger charge is 1.96. The van der Waals surface area contributed by atoms with Gasteiger partial charge in [0, 0.05) is 16.5 Å². The highest BCUT2D eigenvalue weighted by atomic mass is 35.5. The number of phenols is 1. The lowest BCUT2D eigenvalue weighted by Crippen LogP contribution is -1.75. The average Bonchev–Trinajstić information content (AvgIpc) is 2.09. The number of benzene rings is 1. The maximum Gasteiger partial charge on any atom is 0.124 e. The van der Waals surface area contributed by atoms with Crippen molar-refractivity contribution in [2.45, 2.75) is 6.42 Å². The number of allylic oxidation sites excluding steroid dienone is 1. The van der Waals surface area contributed by atoms with Crippen LogP contribution < -0.4 is 0 Å². The van der Waals surface area contributed by atoms with Gasteiger partial charge in [0.1, 0.15) is 5.75 Å². The van der Waals surface area contributed by atoms with Crippen LogP contribution >= 0.6 is 23.2 Å². The first-order valence-corrected chi connectivity index (χ1v) is 4.86. The van der Waals surface area contributed by atoms with Crippen molar-refractivity contribution >= 4 is 29.3 Å². The summed E-state index contributed by atoms with van der Waals surface area (Å²) in [6.07, 6.45) is 4.54. The van der Waals surface area contributed by atoms with Gasteiger partial charge in [-0.2, -0.15) is 0 Å². The molecule has 0 unspecified atom stereocenters. The minimum atomic E-state index is 0.193. The second-order valence-electron chi connectivity index (χ2n) is 2.58. The van der Waals surface area contributed by atoms with Gasteiger partial charge in [0.05, 0.1) is 0 Å². The molecule has 0 spiro atoms. The summed E-state index contributed by atoms with van der Waals surface area (Å²) in [5, 5.41) is 9.96. The Morgan fingerprint density at radius 2 is 2.15 bits per heavy atom. The van der Waals surface area contributed by atoms with E-state index in [0.717, 1.165) is 12.0 Å². The molecular weight excluding hydrogens is 207 g/mol. The smallest absolute Gasteiger partial charge is 0.124 e. The Morgan fingerprint density at radius 3 is 2.77 bits per heavy atom. The molecule has 0 radical (unpaired) electrons. The lowest BCUT2D eigenvalue weighted by molar-refractivity contribution is 0.474. The molecule has 0 aliphatic carbocycles. The molecule has 0 aliphatic rings. The zero-order chi connectivity index (χ0) is 9.68. The number of phenolic OH excluding ortho intramolecular Hbond substituents is 1. The largest absolute Gasteiger partial charge is 0.507 e. The molecule has 0 aromatic heterocycles. The fourth-order valence-electron chi connectivity index (χ4n) is 0.931. The van der Waals surface area contributed by atoms with Crippen molar-refractivity contribution in [2.75, 3.05) is 5.88 Å². The second kappa shape index (κ2) is 5.15. The van der Waals surface area contributed by atoms with Crippen LogP contribution in [-0.2, 0) is 0 Å². The van der Waals surface area contributed by atoms with Crippen LogP contribution in [0.4, 0.5) is 0 Å². The van der Waals surface area contributed by atoms with Gasteiger partial charge in [-0.1, -0.05) is 23.8 Å². The van der Waals surface area contributed by atoms with E-state index in [4.69, 9.17) is 23.2 Å². The van der Waals surface area contributed by atoms with Crippen LogP contribution in [0.2, 0.25) is 5.02 Å². The zero-order valence-electron chi connectivity index (χ0n) is 7.00.